The van der Waals surface area contributed by atoms with Crippen molar-refractivity contribution >= 4 is 0 Å². The second-order valence-electron chi connectivity index (χ2n) is 0.280. The van der Waals surface area contributed by atoms with Gasteiger partial charge in [-0.25, -0.2) is 0 Å². The molecule has 0 aliphatic heterocycles. The summed E-state index contributed by atoms with van der Waals surface area (Å²) >= 11 is -8.66. The Morgan fingerprint density at radius 2 is 0.875 bits per heavy atom. The molecule has 0 saturated carbocycles. The van der Waals surface area contributed by atoms with Gasteiger partial charge in [-0.3, -0.25) is 0 Å². The van der Waals surface area contributed by atoms with Crippen LogP contribution < -0.4 is 0 Å². The fourth-order valence-electron chi connectivity index (χ4n) is 0. The van der Waals surface area contributed by atoms with Crippen molar-refractivity contribution in [1.82, 2.24) is 0 Å². The summed E-state index contributed by atoms with van der Waals surface area (Å²) in [5.41, 5.74) is 0. The Balaban J connectivity index is 0. The Bertz CT molecular complexity index is 110. The topological polar surface area (TPSA) is 51.2 Å². The molecule has 0 aliphatic carbocycles. The van der Waals surface area contributed by atoms with Crippen molar-refractivity contribution in [3.05, 3.63) is 0 Å². The van der Waals surface area contributed by atoms with Crippen LogP contribution in [0.15, 0.2) is 0 Å². The van der Waals surface area contributed by atoms with E-state index < -0.39 is 66.4 Å². The van der Waals surface area contributed by atoms with Gasteiger partial charge in [0, 0.05) is 0 Å². The standard InChI is InChI=1S/3FH.2Ho.3O/h3*1H;;;;;/q;;;;+3;;;/p-3. The third-order valence-electron chi connectivity index (χ3n) is 0. The van der Waals surface area contributed by atoms with E-state index in [1.807, 2.05) is 0 Å². The molecule has 0 saturated heterocycles. The Hall–Kier alpha value is 1.71. The predicted octanol–water partition coefficient (Wildman–Crippen LogP) is 0.904. The molecule has 0 amide bonds. The van der Waals surface area contributed by atoms with Gasteiger partial charge in [0.05, 0.1) is 0 Å². The van der Waals surface area contributed by atoms with Crippen LogP contribution in [0.2, 0.25) is 0 Å². The molecule has 0 fully saturated rings. The van der Waals surface area contributed by atoms with Crippen molar-refractivity contribution < 1.29 is 74.8 Å². The molecule has 0 atom stereocenters. The molecule has 0 aromatic heterocycles. The molecule has 0 bridgehead atoms. The summed E-state index contributed by atoms with van der Waals surface area (Å²) < 4.78 is 55.1. The second kappa shape index (κ2) is 8.71. The van der Waals surface area contributed by atoms with Crippen molar-refractivity contribution in [3.63, 3.8) is 0 Å². The molecule has 3 nitrogen and oxygen atoms in total. The molecule has 0 N–H and O–H groups in total. The van der Waals surface area contributed by atoms with Gasteiger partial charge in [0.15, 0.2) is 0 Å². The number of hydrogen-bond acceptors (Lipinski definition) is 3. The van der Waals surface area contributed by atoms with Crippen LogP contribution in [0.25, 0.3) is 0 Å². The summed E-state index contributed by atoms with van der Waals surface area (Å²) in [7, 11) is 0. The molecule has 0 rings (SSSR count). The Morgan fingerprint density at radius 1 is 0.875 bits per heavy atom. The van der Waals surface area contributed by atoms with Crippen LogP contribution in [-0.2, 0) is 4.30 Å². The first-order valence-electron chi connectivity index (χ1n) is 0.711. The van der Waals surface area contributed by atoms with Crippen LogP contribution in [0, 0.1) is 66.4 Å². The van der Waals surface area contributed by atoms with Gasteiger partial charge in [0.25, 0.3) is 0 Å². The van der Waals surface area contributed by atoms with Gasteiger partial charge in [-0.15, -0.1) is 0 Å². The Labute approximate surface area is 73.0 Å². The SMILES string of the molecule is [F][Ho]([F])[F].[O]=[Ho](=[O])=[O]. The van der Waals surface area contributed by atoms with E-state index in [-0.39, 0.29) is 0 Å². The normalized spacial score (nSPS) is 10.9. The molecular formula is F3Ho2O3. The predicted molar refractivity (Wildman–Crippen MR) is 5.38 cm³/mol. The monoisotopic (exact) mass is 435 g/mol. The molecule has 61 valence electrons. The molecule has 0 radical (unpaired) electrons. The first-order chi connectivity index (χ1) is 3.46. The summed E-state index contributed by atoms with van der Waals surface area (Å²) in [4.78, 5) is 0. The first-order valence-corrected chi connectivity index (χ1v) is 5.27. The van der Waals surface area contributed by atoms with E-state index >= 15 is 0 Å². The van der Waals surface area contributed by atoms with Crippen molar-refractivity contribution in [1.29, 1.82) is 0 Å². The molecule has 0 spiro atoms. The van der Waals surface area contributed by atoms with Crippen molar-refractivity contribution in [2.45, 2.75) is 0 Å². The average Bonchev–Trinajstić information content (AvgIpc) is 1.25. The molecular weight excluding hydrogens is 435 g/mol. The quantitative estimate of drug-likeness (QED) is 0.532. The summed E-state index contributed by atoms with van der Waals surface area (Å²) in [5.74, 6) is 0. The number of rotatable bonds is 0. The molecule has 8 heavy (non-hydrogen) atoms. The van der Waals surface area contributed by atoms with Crippen molar-refractivity contribution in [2.24, 2.45) is 0 Å². The van der Waals surface area contributed by atoms with Gasteiger partial charge in [-0.1, -0.05) is 0 Å². The fourth-order valence-corrected chi connectivity index (χ4v) is 0. The maximum atomic E-state index is 9.81. The van der Waals surface area contributed by atoms with Gasteiger partial charge in [-0.05, 0) is 0 Å². The maximum absolute atomic E-state index is 9.81. The second-order valence-corrected chi connectivity index (χ2v) is 2.08. The molecule has 0 unspecified atom stereocenters. The van der Waals surface area contributed by atoms with Crippen molar-refractivity contribution in [3.8, 4) is 0 Å². The van der Waals surface area contributed by atoms with E-state index in [0.29, 0.717) is 0 Å². The van der Waals surface area contributed by atoms with E-state index in [4.69, 9.17) is 4.30 Å². The van der Waals surface area contributed by atoms with Crippen LogP contribution in [-0.4, -0.2) is 0 Å². The summed E-state index contributed by atoms with van der Waals surface area (Å²) in [6.07, 6.45) is 0. The zero-order valence-electron chi connectivity index (χ0n) is 2.96. The van der Waals surface area contributed by atoms with Crippen LogP contribution in [0.5, 0.6) is 0 Å². The summed E-state index contributed by atoms with van der Waals surface area (Å²) in [6.45, 7) is 0. The average molecular weight is 435 g/mol. The minimum atomic E-state index is -4.70. The van der Waals surface area contributed by atoms with Crippen LogP contribution >= 0.6 is 0 Å². The Kier molecular flexibility index (Phi) is 13.5. The summed E-state index contributed by atoms with van der Waals surface area (Å²) in [5, 5.41) is 0. The zero-order chi connectivity index (χ0) is 7.15. The number of halogens is 3. The first kappa shape index (κ1) is 12.4. The number of hydrogen-bond donors (Lipinski definition) is 0. The zero-order valence-corrected chi connectivity index (χ0v) is 6.83. The van der Waals surface area contributed by atoms with Gasteiger partial charge in [0.1, 0.15) is 0 Å². The minimum absolute atomic E-state index is 3.95. The third-order valence-corrected chi connectivity index (χ3v) is 0. The molecule has 0 aromatic rings. The molecule has 0 aliphatic rings. The summed E-state index contributed by atoms with van der Waals surface area (Å²) in [6, 6.07) is 0. The third kappa shape index (κ3) is 119. The molecule has 0 heterocycles. The fraction of sp³-hybridized carbons (Fsp3) is 0. The van der Waals surface area contributed by atoms with Gasteiger partial charge < -0.3 is 0 Å². The van der Waals surface area contributed by atoms with E-state index in [1.54, 1.807) is 0 Å². The molecule has 8 heteroatoms. The van der Waals surface area contributed by atoms with Gasteiger partial charge >= 0.3 is 74.8 Å². The molecule has 0 aromatic carbocycles. The van der Waals surface area contributed by atoms with Crippen LogP contribution in [0.3, 0.4) is 0 Å². The van der Waals surface area contributed by atoms with E-state index in [2.05, 4.69) is 0 Å². The van der Waals surface area contributed by atoms with Crippen LogP contribution in [0.4, 0.5) is 4.09 Å². The van der Waals surface area contributed by atoms with E-state index in [1.165, 1.54) is 0 Å². The van der Waals surface area contributed by atoms with Crippen molar-refractivity contribution in [2.75, 3.05) is 0 Å². The van der Waals surface area contributed by atoms with E-state index in [9.17, 15) is 4.09 Å². The Morgan fingerprint density at radius 3 is 0.875 bits per heavy atom. The van der Waals surface area contributed by atoms with Gasteiger partial charge in [-0.2, -0.15) is 0 Å². The van der Waals surface area contributed by atoms with Gasteiger partial charge in [0.2, 0.25) is 0 Å². The van der Waals surface area contributed by atoms with E-state index in [0.717, 1.165) is 0 Å². The van der Waals surface area contributed by atoms with Crippen LogP contribution in [0.1, 0.15) is 0 Å².